The van der Waals surface area contributed by atoms with Gasteiger partial charge >= 0.3 is 0 Å². The number of thiophene rings is 1. The fraction of sp³-hybridized carbons (Fsp3) is 0.444. The molecule has 112 valence electrons. The number of hydrogen-bond acceptors (Lipinski definition) is 3. The molecule has 2 nitrogen and oxygen atoms in total. The van der Waals surface area contributed by atoms with Crippen molar-refractivity contribution in [1.29, 1.82) is 0 Å². The Morgan fingerprint density at radius 2 is 1.86 bits per heavy atom. The van der Waals surface area contributed by atoms with Gasteiger partial charge in [-0.2, -0.15) is 0 Å². The minimum Gasteiger partial charge on any atom is -0.496 e. The molecule has 0 spiro atoms. The highest BCUT2D eigenvalue weighted by Gasteiger charge is 2.20. The van der Waals surface area contributed by atoms with E-state index >= 15 is 0 Å². The van der Waals surface area contributed by atoms with E-state index in [1.54, 1.807) is 18.4 Å². The van der Waals surface area contributed by atoms with E-state index in [9.17, 15) is 5.11 Å². The maximum Gasteiger partial charge on any atom is 0.122 e. The standard InChI is InChI=1S/C18H22O2S/c1-11-9-15(20-3)12(2)8-14(11)18(19)17-10-13-6-4-5-7-16(13)21-17/h8-10,18-19H,4-7H2,1-3H3. The van der Waals surface area contributed by atoms with Gasteiger partial charge in [0, 0.05) is 9.75 Å². The van der Waals surface area contributed by atoms with Crippen LogP contribution in [-0.4, -0.2) is 12.2 Å². The second-order valence-electron chi connectivity index (χ2n) is 5.89. The third-order valence-corrected chi connectivity index (χ3v) is 5.65. The Morgan fingerprint density at radius 1 is 1.10 bits per heavy atom. The quantitative estimate of drug-likeness (QED) is 0.914. The molecule has 1 aliphatic rings. The SMILES string of the molecule is COc1cc(C)c(C(O)c2cc3c(s2)CCCC3)cc1C. The molecule has 1 atom stereocenters. The first kappa shape index (κ1) is 14.6. The summed E-state index contributed by atoms with van der Waals surface area (Å²) in [6, 6.07) is 6.28. The summed E-state index contributed by atoms with van der Waals surface area (Å²) in [5.74, 6) is 0.883. The highest BCUT2D eigenvalue weighted by Crippen LogP contribution is 2.37. The summed E-state index contributed by atoms with van der Waals surface area (Å²) in [6.45, 7) is 4.06. The summed E-state index contributed by atoms with van der Waals surface area (Å²) in [6.07, 6.45) is 4.38. The van der Waals surface area contributed by atoms with Gasteiger partial charge in [-0.05, 0) is 80.0 Å². The van der Waals surface area contributed by atoms with Gasteiger partial charge in [0.05, 0.1) is 7.11 Å². The molecule has 1 unspecified atom stereocenters. The first-order valence-electron chi connectivity index (χ1n) is 7.55. The van der Waals surface area contributed by atoms with Crippen molar-refractivity contribution in [3.63, 3.8) is 0 Å². The molecule has 1 N–H and O–H groups in total. The van der Waals surface area contributed by atoms with Crippen LogP contribution in [0.4, 0.5) is 0 Å². The number of fused-ring (bicyclic) bond motifs is 1. The van der Waals surface area contributed by atoms with Crippen LogP contribution in [0.5, 0.6) is 5.75 Å². The smallest absolute Gasteiger partial charge is 0.122 e. The number of methoxy groups -OCH3 is 1. The molecule has 0 aliphatic heterocycles. The summed E-state index contributed by atoms with van der Waals surface area (Å²) in [7, 11) is 1.69. The minimum atomic E-state index is -0.523. The average Bonchev–Trinajstić information content (AvgIpc) is 2.92. The zero-order valence-corrected chi connectivity index (χ0v) is 13.7. The number of aliphatic hydroxyl groups excluding tert-OH is 1. The van der Waals surface area contributed by atoms with Crippen LogP contribution in [0, 0.1) is 13.8 Å². The second kappa shape index (κ2) is 5.82. The summed E-state index contributed by atoms with van der Waals surface area (Å²) < 4.78 is 5.35. The minimum absolute atomic E-state index is 0.523. The molecule has 1 aliphatic carbocycles. The molecular formula is C18H22O2S. The van der Waals surface area contributed by atoms with E-state index < -0.39 is 6.10 Å². The second-order valence-corrected chi connectivity index (χ2v) is 7.05. The van der Waals surface area contributed by atoms with Crippen LogP contribution in [0.25, 0.3) is 0 Å². The molecule has 0 fully saturated rings. The monoisotopic (exact) mass is 302 g/mol. The lowest BCUT2D eigenvalue weighted by molar-refractivity contribution is 0.223. The zero-order valence-electron chi connectivity index (χ0n) is 12.9. The lowest BCUT2D eigenvalue weighted by atomic mass is 9.96. The Morgan fingerprint density at radius 3 is 2.57 bits per heavy atom. The third-order valence-electron chi connectivity index (χ3n) is 4.36. The third kappa shape index (κ3) is 2.72. The van der Waals surface area contributed by atoms with Crippen molar-refractivity contribution in [2.45, 2.75) is 45.6 Å². The maximum absolute atomic E-state index is 10.8. The Kier molecular flexibility index (Phi) is 4.05. The van der Waals surface area contributed by atoms with Crippen LogP contribution in [0.2, 0.25) is 0 Å². The fourth-order valence-corrected chi connectivity index (χ4v) is 4.39. The van der Waals surface area contributed by atoms with Gasteiger partial charge in [-0.25, -0.2) is 0 Å². The average molecular weight is 302 g/mol. The van der Waals surface area contributed by atoms with E-state index in [0.717, 1.165) is 27.3 Å². The molecule has 2 aromatic rings. The molecule has 1 aromatic carbocycles. The van der Waals surface area contributed by atoms with E-state index in [1.165, 1.54) is 36.1 Å². The largest absolute Gasteiger partial charge is 0.496 e. The Bertz CT molecular complexity index is 634. The highest BCUT2D eigenvalue weighted by molar-refractivity contribution is 7.12. The summed E-state index contributed by atoms with van der Waals surface area (Å²) in [4.78, 5) is 2.55. The Hall–Kier alpha value is -1.32. The van der Waals surface area contributed by atoms with Crippen LogP contribution in [0.1, 0.15) is 51.0 Å². The van der Waals surface area contributed by atoms with Crippen molar-refractivity contribution >= 4 is 11.3 Å². The maximum atomic E-state index is 10.8. The Balaban J connectivity index is 1.96. The predicted molar refractivity (Wildman–Crippen MR) is 87.5 cm³/mol. The van der Waals surface area contributed by atoms with Gasteiger partial charge in [0.15, 0.2) is 0 Å². The Labute approximate surface area is 130 Å². The molecule has 3 rings (SSSR count). The van der Waals surface area contributed by atoms with Gasteiger partial charge in [-0.1, -0.05) is 0 Å². The lowest BCUT2D eigenvalue weighted by Crippen LogP contribution is -2.02. The molecule has 1 aromatic heterocycles. The number of ether oxygens (including phenoxy) is 1. The van der Waals surface area contributed by atoms with Crippen molar-refractivity contribution in [3.8, 4) is 5.75 Å². The first-order chi connectivity index (χ1) is 10.1. The van der Waals surface area contributed by atoms with E-state index in [1.807, 2.05) is 19.9 Å². The number of benzene rings is 1. The highest BCUT2D eigenvalue weighted by atomic mass is 32.1. The molecule has 0 saturated carbocycles. The van der Waals surface area contributed by atoms with Gasteiger partial charge in [0.25, 0.3) is 0 Å². The van der Waals surface area contributed by atoms with Crippen LogP contribution < -0.4 is 4.74 Å². The molecular weight excluding hydrogens is 280 g/mol. The fourth-order valence-electron chi connectivity index (χ4n) is 3.13. The van der Waals surface area contributed by atoms with Crippen LogP contribution in [-0.2, 0) is 12.8 Å². The van der Waals surface area contributed by atoms with Crippen molar-refractivity contribution < 1.29 is 9.84 Å². The number of hydrogen-bond donors (Lipinski definition) is 1. The van der Waals surface area contributed by atoms with Gasteiger partial charge < -0.3 is 9.84 Å². The molecule has 3 heteroatoms. The van der Waals surface area contributed by atoms with Crippen LogP contribution >= 0.6 is 11.3 Å². The molecule has 0 saturated heterocycles. The predicted octanol–water partition coefficient (Wildman–Crippen LogP) is 4.33. The molecule has 1 heterocycles. The summed E-state index contributed by atoms with van der Waals surface area (Å²) in [5, 5.41) is 10.8. The number of rotatable bonds is 3. The molecule has 21 heavy (non-hydrogen) atoms. The van der Waals surface area contributed by atoms with Gasteiger partial charge in [0.2, 0.25) is 0 Å². The summed E-state index contributed by atoms with van der Waals surface area (Å²) >= 11 is 1.78. The van der Waals surface area contributed by atoms with E-state index in [0.29, 0.717) is 0 Å². The normalized spacial score (nSPS) is 15.6. The first-order valence-corrected chi connectivity index (χ1v) is 8.36. The van der Waals surface area contributed by atoms with Crippen LogP contribution in [0.15, 0.2) is 18.2 Å². The molecule has 0 bridgehead atoms. The van der Waals surface area contributed by atoms with E-state index in [2.05, 4.69) is 12.1 Å². The van der Waals surface area contributed by atoms with Crippen molar-refractivity contribution in [2.75, 3.05) is 7.11 Å². The lowest BCUT2D eigenvalue weighted by Gasteiger charge is -2.15. The van der Waals surface area contributed by atoms with Crippen molar-refractivity contribution in [2.24, 2.45) is 0 Å². The van der Waals surface area contributed by atoms with Crippen molar-refractivity contribution in [1.82, 2.24) is 0 Å². The van der Waals surface area contributed by atoms with Gasteiger partial charge in [0.1, 0.15) is 11.9 Å². The van der Waals surface area contributed by atoms with Gasteiger partial charge in [-0.15, -0.1) is 11.3 Å². The van der Waals surface area contributed by atoms with Gasteiger partial charge in [-0.3, -0.25) is 0 Å². The summed E-state index contributed by atoms with van der Waals surface area (Å²) in [5.41, 5.74) is 4.59. The van der Waals surface area contributed by atoms with Crippen molar-refractivity contribution in [3.05, 3.63) is 50.2 Å². The number of aryl methyl sites for hydroxylation is 4. The number of aliphatic hydroxyl groups is 1. The van der Waals surface area contributed by atoms with E-state index in [4.69, 9.17) is 4.74 Å². The zero-order chi connectivity index (χ0) is 15.0. The topological polar surface area (TPSA) is 29.5 Å². The molecule has 0 radical (unpaired) electrons. The van der Waals surface area contributed by atoms with Crippen LogP contribution in [0.3, 0.4) is 0 Å². The van der Waals surface area contributed by atoms with E-state index in [-0.39, 0.29) is 0 Å². The molecule has 0 amide bonds.